The molecule has 0 aliphatic carbocycles. The van der Waals surface area contributed by atoms with Gasteiger partial charge < -0.3 is 21.7 Å². The predicted octanol–water partition coefficient (Wildman–Crippen LogP) is 3.92. The molecule has 2 aromatic rings. The Bertz CT molecular complexity index is 712. The third-order valence-corrected chi connectivity index (χ3v) is 3.26. The number of benzene rings is 2. The zero-order valence-electron chi connectivity index (χ0n) is 12.5. The van der Waals surface area contributed by atoms with Crippen LogP contribution in [0.5, 0.6) is 11.5 Å². The van der Waals surface area contributed by atoms with Crippen molar-refractivity contribution in [2.24, 2.45) is 5.73 Å². The van der Waals surface area contributed by atoms with Gasteiger partial charge in [0.2, 0.25) is 0 Å². The van der Waals surface area contributed by atoms with Crippen molar-refractivity contribution in [1.82, 2.24) is 0 Å². The van der Waals surface area contributed by atoms with Crippen LogP contribution in [0.3, 0.4) is 0 Å². The number of nitrogens with two attached hydrogens (primary N) is 1. The van der Waals surface area contributed by atoms with Gasteiger partial charge >= 0.3 is 0 Å². The van der Waals surface area contributed by atoms with Crippen molar-refractivity contribution in [3.63, 3.8) is 0 Å². The number of nitrogens with one attached hydrogen (secondary N) is 1. The van der Waals surface area contributed by atoms with Crippen LogP contribution in [0.25, 0.3) is 17.9 Å². The van der Waals surface area contributed by atoms with Crippen molar-refractivity contribution in [3.05, 3.63) is 76.7 Å². The van der Waals surface area contributed by atoms with Crippen molar-refractivity contribution in [2.75, 3.05) is 6.54 Å². The van der Waals surface area contributed by atoms with Crippen molar-refractivity contribution in [2.45, 2.75) is 6.42 Å². The SMILES string of the molecule is [Co].[NH-]C(=Cc1ccccc1O)C(=Cc1ccccc1O)CCN. The van der Waals surface area contributed by atoms with Crippen LogP contribution in [0.4, 0.5) is 0 Å². The Hall–Kier alpha value is -2.21. The molecule has 123 valence electrons. The molecule has 0 saturated carbocycles. The number of phenols is 2. The first-order valence-corrected chi connectivity index (χ1v) is 7.02. The molecule has 0 aromatic heterocycles. The molecule has 0 spiro atoms. The number of allylic oxidation sites excluding steroid dienone is 1. The molecule has 0 unspecified atom stereocenters. The minimum Gasteiger partial charge on any atom is -0.698 e. The van der Waals surface area contributed by atoms with Crippen molar-refractivity contribution in [3.8, 4) is 11.5 Å². The molecule has 5 N–H and O–H groups in total. The normalized spacial score (nSPS) is 11.9. The number of para-hydroxylation sites is 2. The van der Waals surface area contributed by atoms with E-state index >= 15 is 0 Å². The number of aromatic hydroxyl groups is 2. The zero-order valence-corrected chi connectivity index (χ0v) is 13.5. The molecule has 23 heavy (non-hydrogen) atoms. The average molecular weight is 354 g/mol. The summed E-state index contributed by atoms with van der Waals surface area (Å²) in [6.07, 6.45) is 3.86. The van der Waals surface area contributed by atoms with E-state index in [-0.39, 0.29) is 34.0 Å². The maximum Gasteiger partial charge on any atom is 0.122 e. The van der Waals surface area contributed by atoms with Gasteiger partial charge in [0, 0.05) is 27.9 Å². The van der Waals surface area contributed by atoms with Crippen molar-refractivity contribution >= 4 is 12.2 Å². The first-order chi connectivity index (χ1) is 10.6. The molecular weight excluding hydrogens is 335 g/mol. The van der Waals surface area contributed by atoms with E-state index in [0.717, 1.165) is 0 Å². The van der Waals surface area contributed by atoms with Gasteiger partial charge in [-0.2, -0.15) is 0 Å². The van der Waals surface area contributed by atoms with E-state index in [1.54, 1.807) is 54.6 Å². The van der Waals surface area contributed by atoms with Gasteiger partial charge in [-0.1, -0.05) is 48.0 Å². The first kappa shape index (κ1) is 18.8. The number of hydrogen-bond donors (Lipinski definition) is 3. The number of rotatable bonds is 5. The summed E-state index contributed by atoms with van der Waals surface area (Å²) in [6.45, 7) is 0.399. The fourth-order valence-electron chi connectivity index (χ4n) is 2.10. The smallest absolute Gasteiger partial charge is 0.122 e. The largest absolute Gasteiger partial charge is 0.698 e. The summed E-state index contributed by atoms with van der Waals surface area (Å²) < 4.78 is 0. The third-order valence-electron chi connectivity index (χ3n) is 3.26. The fourth-order valence-corrected chi connectivity index (χ4v) is 2.10. The van der Waals surface area contributed by atoms with Crippen LogP contribution < -0.4 is 5.73 Å². The Morgan fingerprint density at radius 3 is 1.87 bits per heavy atom. The Labute approximate surface area is 146 Å². The monoisotopic (exact) mass is 354 g/mol. The summed E-state index contributed by atoms with van der Waals surface area (Å²) >= 11 is 0. The summed E-state index contributed by atoms with van der Waals surface area (Å²) in [5.74, 6) is 0.286. The molecule has 2 rings (SSSR count). The van der Waals surface area contributed by atoms with Crippen LogP contribution >= 0.6 is 0 Å². The molecular formula is C18H19CoN2O2-. The number of hydrogen-bond acceptors (Lipinski definition) is 3. The second-order valence-electron chi connectivity index (χ2n) is 4.88. The minimum absolute atomic E-state index is 0. The van der Waals surface area contributed by atoms with Crippen LogP contribution in [0, 0.1) is 0 Å². The second kappa shape index (κ2) is 9.04. The van der Waals surface area contributed by atoms with E-state index in [1.807, 2.05) is 6.07 Å². The van der Waals surface area contributed by atoms with E-state index in [2.05, 4.69) is 0 Å². The molecule has 0 bridgehead atoms. The van der Waals surface area contributed by atoms with Crippen molar-refractivity contribution < 1.29 is 27.0 Å². The van der Waals surface area contributed by atoms with Crippen LogP contribution in [-0.4, -0.2) is 16.8 Å². The summed E-state index contributed by atoms with van der Waals surface area (Å²) in [5.41, 5.74) is 16.0. The molecule has 0 atom stereocenters. The van der Waals surface area contributed by atoms with Gasteiger partial charge in [-0.25, -0.2) is 0 Å². The predicted molar refractivity (Wildman–Crippen MR) is 90.2 cm³/mol. The molecule has 0 amide bonds. The Morgan fingerprint density at radius 2 is 1.39 bits per heavy atom. The maximum absolute atomic E-state index is 9.85. The van der Waals surface area contributed by atoms with Gasteiger partial charge in [0.1, 0.15) is 11.5 Å². The van der Waals surface area contributed by atoms with E-state index in [0.29, 0.717) is 29.7 Å². The standard InChI is InChI=1S/C18H19N2O2.Co/c19-10-9-13(11-14-5-1-3-7-17(14)21)16(20)12-15-6-2-4-8-18(15)22;/h1-8,11-12,20-22H,9-10,19H2;/q-1;. The molecule has 2 aromatic carbocycles. The topological polar surface area (TPSA) is 90.3 Å². The Morgan fingerprint density at radius 1 is 0.913 bits per heavy atom. The maximum atomic E-state index is 9.85. The summed E-state index contributed by atoms with van der Waals surface area (Å²) in [5, 5.41) is 19.6. The van der Waals surface area contributed by atoms with E-state index < -0.39 is 0 Å². The molecule has 0 aliphatic rings. The van der Waals surface area contributed by atoms with Gasteiger partial charge in [-0.05, 0) is 31.2 Å². The van der Waals surface area contributed by atoms with Crippen molar-refractivity contribution in [1.29, 1.82) is 0 Å². The Balaban J connectivity index is 0.00000264. The van der Waals surface area contributed by atoms with Crippen LogP contribution in [0.2, 0.25) is 0 Å². The van der Waals surface area contributed by atoms with Gasteiger partial charge in [0.05, 0.1) is 0 Å². The van der Waals surface area contributed by atoms with E-state index in [1.165, 1.54) is 0 Å². The molecule has 0 heterocycles. The minimum atomic E-state index is 0. The van der Waals surface area contributed by atoms with Gasteiger partial charge in [0.15, 0.2) is 0 Å². The van der Waals surface area contributed by atoms with Gasteiger partial charge in [0.25, 0.3) is 0 Å². The number of phenolic OH excluding ortho intramolecular Hbond substituents is 2. The molecule has 1 radical (unpaired) electrons. The molecule has 5 heteroatoms. The molecule has 0 fully saturated rings. The van der Waals surface area contributed by atoms with E-state index in [4.69, 9.17) is 11.5 Å². The second-order valence-corrected chi connectivity index (χ2v) is 4.88. The van der Waals surface area contributed by atoms with Gasteiger partial charge in [-0.3, -0.25) is 0 Å². The first-order valence-electron chi connectivity index (χ1n) is 7.02. The summed E-state index contributed by atoms with van der Waals surface area (Å²) in [6, 6.07) is 13.8. The zero-order chi connectivity index (χ0) is 15.9. The van der Waals surface area contributed by atoms with Crippen LogP contribution in [0.15, 0.2) is 59.8 Å². The summed E-state index contributed by atoms with van der Waals surface area (Å²) in [7, 11) is 0. The molecule has 0 aliphatic heterocycles. The fraction of sp³-hybridized carbons (Fsp3) is 0.111. The van der Waals surface area contributed by atoms with Gasteiger partial charge in [-0.15, -0.1) is 5.70 Å². The summed E-state index contributed by atoms with van der Waals surface area (Å²) in [4.78, 5) is 0. The molecule has 4 nitrogen and oxygen atoms in total. The Kier molecular flexibility index (Phi) is 7.41. The quantitative estimate of drug-likeness (QED) is 0.711. The van der Waals surface area contributed by atoms with Crippen LogP contribution in [-0.2, 0) is 16.8 Å². The van der Waals surface area contributed by atoms with Crippen LogP contribution in [0.1, 0.15) is 17.5 Å². The molecule has 0 saturated heterocycles. The van der Waals surface area contributed by atoms with E-state index in [9.17, 15) is 10.2 Å². The third kappa shape index (κ3) is 5.17. The average Bonchev–Trinajstić information content (AvgIpc) is 2.51.